The van der Waals surface area contributed by atoms with Crippen LogP contribution in [0.3, 0.4) is 0 Å². The Morgan fingerprint density at radius 2 is 2.21 bits per heavy atom. The lowest BCUT2D eigenvalue weighted by atomic mass is 9.94. The van der Waals surface area contributed by atoms with Crippen LogP contribution in [0.1, 0.15) is 48.7 Å². The summed E-state index contributed by atoms with van der Waals surface area (Å²) in [6, 6.07) is 5.80. The number of hydrogen-bond donors (Lipinski definition) is 2. The summed E-state index contributed by atoms with van der Waals surface area (Å²) in [4.78, 5) is 31.5. The van der Waals surface area contributed by atoms with Crippen molar-refractivity contribution in [3.05, 3.63) is 41.5 Å². The van der Waals surface area contributed by atoms with Crippen LogP contribution in [0.25, 0.3) is 0 Å². The minimum atomic E-state index is -0.404. The minimum Gasteiger partial charge on any atom is -0.342 e. The van der Waals surface area contributed by atoms with Crippen LogP contribution in [-0.2, 0) is 4.79 Å². The van der Waals surface area contributed by atoms with Gasteiger partial charge >= 0.3 is 0 Å². The second-order valence-electron chi connectivity index (χ2n) is 7.28. The fraction of sp³-hybridized carbons (Fsp3) is 0.429. The first-order valence-electron chi connectivity index (χ1n) is 9.77. The Bertz CT molecular complexity index is 912. The average molecular weight is 393 g/mol. The molecule has 0 bridgehead atoms. The quantitative estimate of drug-likeness (QED) is 0.734. The van der Waals surface area contributed by atoms with E-state index >= 15 is 0 Å². The molecule has 8 heteroatoms. The van der Waals surface area contributed by atoms with Crippen molar-refractivity contribution in [3.63, 3.8) is 0 Å². The first-order chi connectivity index (χ1) is 14.0. The molecule has 152 valence electrons. The number of nitrogens with one attached hydrogen (secondary N) is 2. The van der Waals surface area contributed by atoms with Crippen LogP contribution < -0.4 is 5.32 Å². The van der Waals surface area contributed by atoms with E-state index in [1.807, 2.05) is 30.0 Å². The molecule has 29 heavy (non-hydrogen) atoms. The van der Waals surface area contributed by atoms with Gasteiger partial charge in [-0.3, -0.25) is 9.79 Å². The summed E-state index contributed by atoms with van der Waals surface area (Å²) >= 11 is 0. The maximum atomic E-state index is 11.8. The predicted octanol–water partition coefficient (Wildman–Crippen LogP) is 3.08. The number of carbonyl (C=O) groups is 1. The molecule has 2 aromatic rings. The van der Waals surface area contributed by atoms with Crippen molar-refractivity contribution >= 4 is 30.0 Å². The Morgan fingerprint density at radius 1 is 1.38 bits per heavy atom. The Balaban J connectivity index is 1.98. The molecule has 0 aromatic carbocycles. The van der Waals surface area contributed by atoms with Gasteiger partial charge in [0.25, 0.3) is 0 Å². The first-order valence-corrected chi connectivity index (χ1v) is 9.77. The lowest BCUT2D eigenvalue weighted by Gasteiger charge is -2.32. The number of aryl methyl sites for hydroxylation is 1. The van der Waals surface area contributed by atoms with Gasteiger partial charge < -0.3 is 15.6 Å². The van der Waals surface area contributed by atoms with Crippen molar-refractivity contribution in [1.29, 1.82) is 5.41 Å². The maximum Gasteiger partial charge on any atom is 0.219 e. The van der Waals surface area contributed by atoms with Gasteiger partial charge in [0.1, 0.15) is 17.5 Å². The van der Waals surface area contributed by atoms with Gasteiger partial charge in [-0.15, -0.1) is 0 Å². The van der Waals surface area contributed by atoms with Crippen LogP contribution in [0.5, 0.6) is 0 Å². The summed E-state index contributed by atoms with van der Waals surface area (Å²) in [5.74, 6) is 1.65. The highest BCUT2D eigenvalue weighted by molar-refractivity contribution is 5.87. The number of nitrogens with zero attached hydrogens (tertiary/aromatic N) is 5. The maximum absolute atomic E-state index is 11.8. The van der Waals surface area contributed by atoms with Crippen LogP contribution in [-0.4, -0.2) is 58.3 Å². The van der Waals surface area contributed by atoms with Crippen LogP contribution >= 0.6 is 0 Å². The van der Waals surface area contributed by atoms with Gasteiger partial charge in [-0.2, -0.15) is 0 Å². The largest absolute Gasteiger partial charge is 0.342 e. The van der Waals surface area contributed by atoms with Crippen LogP contribution in [0.2, 0.25) is 0 Å². The Labute approximate surface area is 171 Å². The summed E-state index contributed by atoms with van der Waals surface area (Å²) in [6.07, 6.45) is 6.58. The smallest absolute Gasteiger partial charge is 0.219 e. The van der Waals surface area contributed by atoms with Crippen molar-refractivity contribution < 1.29 is 4.79 Å². The highest BCUT2D eigenvalue weighted by Gasteiger charge is 2.25. The van der Waals surface area contributed by atoms with E-state index in [9.17, 15) is 4.79 Å². The number of piperidine rings is 1. The third kappa shape index (κ3) is 5.22. The Hall–Kier alpha value is -3.16. The predicted molar refractivity (Wildman–Crippen MR) is 114 cm³/mol. The molecule has 3 rings (SSSR count). The fourth-order valence-corrected chi connectivity index (χ4v) is 3.49. The normalized spacial score (nSPS) is 17.9. The summed E-state index contributed by atoms with van der Waals surface area (Å²) in [5, 5.41) is 11.0. The molecule has 1 saturated heterocycles. The van der Waals surface area contributed by atoms with Crippen molar-refractivity contribution in [1.82, 2.24) is 19.9 Å². The zero-order valence-corrected chi connectivity index (χ0v) is 17.1. The van der Waals surface area contributed by atoms with E-state index < -0.39 is 5.92 Å². The second kappa shape index (κ2) is 9.36. The van der Waals surface area contributed by atoms with E-state index in [1.54, 1.807) is 26.4 Å². The minimum absolute atomic E-state index is 0.0850. The Kier molecular flexibility index (Phi) is 6.64. The average Bonchev–Trinajstić information content (AvgIpc) is 2.72. The molecule has 0 saturated carbocycles. The standard InChI is InChI=1S/C21H27N7O/c1-14-6-7-24-19(9-14)26-20-10-18(16-5-4-8-28(13-16)15(2)29)25-21(27-20)17(11-22)12-23-3/h6-7,9-12,16-17,22H,4-5,8,13H2,1-3H3,(H,24,25,26,27). The summed E-state index contributed by atoms with van der Waals surface area (Å²) in [5.41, 5.74) is 1.96. The van der Waals surface area contributed by atoms with Crippen molar-refractivity contribution in [3.8, 4) is 0 Å². The van der Waals surface area contributed by atoms with E-state index in [1.165, 1.54) is 6.21 Å². The van der Waals surface area contributed by atoms with E-state index in [4.69, 9.17) is 10.4 Å². The third-order valence-electron chi connectivity index (χ3n) is 5.01. The van der Waals surface area contributed by atoms with Crippen molar-refractivity contribution in [2.24, 2.45) is 4.99 Å². The highest BCUT2D eigenvalue weighted by atomic mass is 16.2. The number of anilines is 2. The molecular weight excluding hydrogens is 366 g/mol. The van der Waals surface area contributed by atoms with E-state index in [-0.39, 0.29) is 11.8 Å². The molecule has 2 atom stereocenters. The number of rotatable bonds is 6. The number of carbonyl (C=O) groups excluding carboxylic acids is 1. The van der Waals surface area contributed by atoms with Gasteiger partial charge in [-0.25, -0.2) is 15.0 Å². The molecule has 8 nitrogen and oxygen atoms in total. The number of likely N-dealkylation sites (tertiary alicyclic amines) is 1. The lowest BCUT2D eigenvalue weighted by Crippen LogP contribution is -2.38. The number of amides is 1. The number of aliphatic imine (C=N–C) groups is 1. The van der Waals surface area contributed by atoms with Gasteiger partial charge in [0.2, 0.25) is 5.91 Å². The number of hydrogen-bond acceptors (Lipinski definition) is 7. The third-order valence-corrected chi connectivity index (χ3v) is 5.01. The molecule has 1 amide bonds. The highest BCUT2D eigenvalue weighted by Crippen LogP contribution is 2.28. The topological polar surface area (TPSA) is 107 Å². The van der Waals surface area contributed by atoms with Gasteiger partial charge in [-0.05, 0) is 37.5 Å². The van der Waals surface area contributed by atoms with Gasteiger partial charge in [-0.1, -0.05) is 0 Å². The molecular formula is C21H27N7O. The monoisotopic (exact) mass is 393 g/mol. The summed E-state index contributed by atoms with van der Waals surface area (Å²) in [7, 11) is 1.67. The van der Waals surface area contributed by atoms with Gasteiger partial charge in [0.05, 0.1) is 11.6 Å². The number of aromatic nitrogens is 3. The molecule has 2 unspecified atom stereocenters. The van der Waals surface area contributed by atoms with Crippen LogP contribution in [0.4, 0.5) is 11.6 Å². The van der Waals surface area contributed by atoms with Gasteiger partial charge in [0.15, 0.2) is 0 Å². The van der Waals surface area contributed by atoms with E-state index in [0.29, 0.717) is 24.0 Å². The summed E-state index contributed by atoms with van der Waals surface area (Å²) in [6.45, 7) is 5.04. The zero-order valence-electron chi connectivity index (χ0n) is 17.1. The SMILES string of the molecule is CN=CC(C=N)c1nc(Nc2cc(C)ccn2)cc(C2CCCN(C(C)=O)C2)n1. The first kappa shape index (κ1) is 20.6. The molecule has 0 radical (unpaired) electrons. The molecule has 1 fully saturated rings. The second-order valence-corrected chi connectivity index (χ2v) is 7.28. The van der Waals surface area contributed by atoms with Gasteiger partial charge in [0, 0.05) is 57.7 Å². The van der Waals surface area contributed by atoms with Crippen molar-refractivity contribution in [2.45, 2.75) is 38.5 Å². The van der Waals surface area contributed by atoms with Crippen molar-refractivity contribution in [2.75, 3.05) is 25.5 Å². The molecule has 3 heterocycles. The molecule has 2 aromatic heterocycles. The molecule has 0 aliphatic carbocycles. The van der Waals surface area contributed by atoms with E-state index in [2.05, 4.69) is 20.3 Å². The van der Waals surface area contributed by atoms with E-state index in [0.717, 1.165) is 30.6 Å². The Morgan fingerprint density at radius 3 is 2.90 bits per heavy atom. The number of pyridine rings is 1. The lowest BCUT2D eigenvalue weighted by molar-refractivity contribution is -0.130. The van der Waals surface area contributed by atoms with Crippen LogP contribution in [0.15, 0.2) is 29.4 Å². The molecule has 1 aliphatic heterocycles. The fourth-order valence-electron chi connectivity index (χ4n) is 3.49. The van der Waals surface area contributed by atoms with Crippen LogP contribution in [0, 0.1) is 12.3 Å². The molecule has 1 aliphatic rings. The zero-order chi connectivity index (χ0) is 20.8. The molecule has 2 N–H and O–H groups in total. The summed E-state index contributed by atoms with van der Waals surface area (Å²) < 4.78 is 0. The molecule has 0 spiro atoms.